The summed E-state index contributed by atoms with van der Waals surface area (Å²) in [5, 5.41) is 16.0. The van der Waals surface area contributed by atoms with Gasteiger partial charge in [0.05, 0.1) is 12.5 Å². The summed E-state index contributed by atoms with van der Waals surface area (Å²) < 4.78 is 5.68. The van der Waals surface area contributed by atoms with E-state index in [4.69, 9.17) is 9.84 Å². The SMILES string of the molecule is CCCCCCCCC(CCCCCC)C(=O)OCCCCCCNCC(CCO)NCC. The van der Waals surface area contributed by atoms with E-state index in [1.165, 1.54) is 51.4 Å². The van der Waals surface area contributed by atoms with Gasteiger partial charge in [0.1, 0.15) is 0 Å². The van der Waals surface area contributed by atoms with Crippen LogP contribution in [0.5, 0.6) is 0 Å². The van der Waals surface area contributed by atoms with Crippen molar-refractivity contribution < 1.29 is 14.6 Å². The number of hydrogen-bond donors (Lipinski definition) is 3. The second kappa shape index (κ2) is 26.0. The van der Waals surface area contributed by atoms with E-state index in [-0.39, 0.29) is 18.5 Å². The molecular formula is C28H58N2O3. The Morgan fingerprint density at radius 1 is 0.758 bits per heavy atom. The lowest BCUT2D eigenvalue weighted by Crippen LogP contribution is -2.39. The molecule has 0 bridgehead atoms. The molecule has 0 spiro atoms. The monoisotopic (exact) mass is 470 g/mol. The van der Waals surface area contributed by atoms with Crippen LogP contribution < -0.4 is 10.6 Å². The van der Waals surface area contributed by atoms with Crippen LogP contribution in [0.1, 0.15) is 130 Å². The fourth-order valence-electron chi connectivity index (χ4n) is 4.36. The maximum absolute atomic E-state index is 12.7. The molecule has 0 aromatic heterocycles. The number of aliphatic hydroxyl groups is 1. The summed E-state index contributed by atoms with van der Waals surface area (Å²) in [5.74, 6) is 0.168. The number of carbonyl (C=O) groups excluding carboxylic acids is 1. The van der Waals surface area contributed by atoms with Gasteiger partial charge in [-0.1, -0.05) is 97.8 Å². The molecule has 0 fully saturated rings. The van der Waals surface area contributed by atoms with Crippen molar-refractivity contribution >= 4 is 5.97 Å². The largest absolute Gasteiger partial charge is 0.465 e. The molecule has 0 rings (SSSR count). The van der Waals surface area contributed by atoms with Crippen LogP contribution >= 0.6 is 0 Å². The normalized spacial score (nSPS) is 13.2. The molecule has 0 aliphatic carbocycles. The predicted molar refractivity (Wildman–Crippen MR) is 142 cm³/mol. The standard InChI is InChI=1S/C28H58N2O3/c1-4-7-9-11-12-16-20-26(19-15-10-8-5-2)28(32)33-24-18-14-13-17-22-29-25-27(21-23-31)30-6-3/h26-27,29-31H,4-25H2,1-3H3. The number of esters is 1. The fraction of sp³-hybridized carbons (Fsp3) is 0.964. The van der Waals surface area contributed by atoms with Crippen LogP contribution in [0.3, 0.4) is 0 Å². The first kappa shape index (κ1) is 32.4. The first-order valence-electron chi connectivity index (χ1n) is 14.4. The van der Waals surface area contributed by atoms with Gasteiger partial charge in [-0.05, 0) is 45.2 Å². The lowest BCUT2D eigenvalue weighted by molar-refractivity contribution is -0.149. The van der Waals surface area contributed by atoms with Crippen molar-refractivity contribution in [2.75, 3.05) is 32.8 Å². The Morgan fingerprint density at radius 3 is 1.97 bits per heavy atom. The van der Waals surface area contributed by atoms with E-state index < -0.39 is 0 Å². The number of carbonyl (C=O) groups is 1. The molecule has 198 valence electrons. The molecule has 0 aliphatic rings. The third-order valence-corrected chi connectivity index (χ3v) is 6.50. The zero-order valence-electron chi connectivity index (χ0n) is 22.5. The lowest BCUT2D eigenvalue weighted by Gasteiger charge is -2.17. The minimum absolute atomic E-state index is 0.0556. The zero-order valence-corrected chi connectivity index (χ0v) is 22.5. The highest BCUT2D eigenvalue weighted by Gasteiger charge is 2.19. The molecule has 0 amide bonds. The van der Waals surface area contributed by atoms with E-state index in [0.717, 1.165) is 77.4 Å². The van der Waals surface area contributed by atoms with E-state index in [1.54, 1.807) is 0 Å². The summed E-state index contributed by atoms with van der Waals surface area (Å²) >= 11 is 0. The molecule has 0 heterocycles. The maximum Gasteiger partial charge on any atom is 0.308 e. The van der Waals surface area contributed by atoms with Gasteiger partial charge >= 0.3 is 5.97 Å². The summed E-state index contributed by atoms with van der Waals surface area (Å²) in [4.78, 5) is 12.7. The topological polar surface area (TPSA) is 70.6 Å². The number of hydrogen-bond acceptors (Lipinski definition) is 5. The first-order chi connectivity index (χ1) is 16.2. The highest BCUT2D eigenvalue weighted by molar-refractivity contribution is 5.72. The molecule has 3 N–H and O–H groups in total. The average Bonchev–Trinajstić information content (AvgIpc) is 2.81. The van der Waals surface area contributed by atoms with Gasteiger partial charge in [-0.15, -0.1) is 0 Å². The first-order valence-corrected chi connectivity index (χ1v) is 14.4. The minimum atomic E-state index is 0.0556. The number of ether oxygens (including phenoxy) is 1. The molecule has 0 saturated carbocycles. The number of aliphatic hydroxyl groups excluding tert-OH is 1. The summed E-state index contributed by atoms with van der Waals surface area (Å²) in [6.45, 7) is 10.2. The fourth-order valence-corrected chi connectivity index (χ4v) is 4.36. The highest BCUT2D eigenvalue weighted by atomic mass is 16.5. The Kier molecular flexibility index (Phi) is 25.5. The van der Waals surface area contributed by atoms with Crippen molar-refractivity contribution in [3.8, 4) is 0 Å². The molecule has 5 nitrogen and oxygen atoms in total. The van der Waals surface area contributed by atoms with E-state index in [1.807, 2.05) is 0 Å². The van der Waals surface area contributed by atoms with Gasteiger partial charge in [0.15, 0.2) is 0 Å². The summed E-state index contributed by atoms with van der Waals surface area (Å²) in [5.41, 5.74) is 0. The van der Waals surface area contributed by atoms with Crippen LogP contribution in [0.25, 0.3) is 0 Å². The van der Waals surface area contributed by atoms with Gasteiger partial charge in [0.2, 0.25) is 0 Å². The van der Waals surface area contributed by atoms with Gasteiger partial charge in [0.25, 0.3) is 0 Å². The number of likely N-dealkylation sites (N-methyl/N-ethyl adjacent to an activating group) is 1. The summed E-state index contributed by atoms with van der Waals surface area (Å²) in [6, 6.07) is 0.352. The summed E-state index contributed by atoms with van der Waals surface area (Å²) in [7, 11) is 0. The van der Waals surface area contributed by atoms with Crippen LogP contribution in [0.4, 0.5) is 0 Å². The van der Waals surface area contributed by atoms with Crippen LogP contribution in [-0.2, 0) is 9.53 Å². The van der Waals surface area contributed by atoms with E-state index in [0.29, 0.717) is 12.6 Å². The second-order valence-electron chi connectivity index (χ2n) is 9.66. The van der Waals surface area contributed by atoms with Gasteiger partial charge in [0, 0.05) is 19.2 Å². The Balaban J connectivity index is 3.92. The Bertz CT molecular complexity index is 401. The van der Waals surface area contributed by atoms with Crippen molar-refractivity contribution in [2.45, 2.75) is 136 Å². The molecule has 0 aromatic rings. The molecule has 2 atom stereocenters. The van der Waals surface area contributed by atoms with E-state index >= 15 is 0 Å². The third kappa shape index (κ3) is 21.6. The van der Waals surface area contributed by atoms with Crippen LogP contribution in [-0.4, -0.2) is 50.0 Å². The third-order valence-electron chi connectivity index (χ3n) is 6.50. The van der Waals surface area contributed by atoms with Gasteiger partial charge in [-0.2, -0.15) is 0 Å². The Hall–Kier alpha value is -0.650. The van der Waals surface area contributed by atoms with Crippen LogP contribution in [0.2, 0.25) is 0 Å². The molecule has 0 aromatic carbocycles. The summed E-state index contributed by atoms with van der Waals surface area (Å²) in [6.07, 6.45) is 19.8. The van der Waals surface area contributed by atoms with Crippen molar-refractivity contribution in [1.82, 2.24) is 10.6 Å². The second-order valence-corrected chi connectivity index (χ2v) is 9.66. The van der Waals surface area contributed by atoms with Crippen molar-refractivity contribution in [1.29, 1.82) is 0 Å². The van der Waals surface area contributed by atoms with Crippen molar-refractivity contribution in [3.05, 3.63) is 0 Å². The average molecular weight is 471 g/mol. The van der Waals surface area contributed by atoms with Crippen LogP contribution in [0, 0.1) is 5.92 Å². The molecule has 2 unspecified atom stereocenters. The quantitative estimate of drug-likeness (QED) is 0.101. The van der Waals surface area contributed by atoms with E-state index in [9.17, 15) is 4.79 Å². The molecule has 0 saturated heterocycles. The number of nitrogens with one attached hydrogen (secondary N) is 2. The highest BCUT2D eigenvalue weighted by Crippen LogP contribution is 2.20. The minimum Gasteiger partial charge on any atom is -0.465 e. The zero-order chi connectivity index (χ0) is 24.4. The molecule has 0 aliphatic heterocycles. The molecule has 5 heteroatoms. The van der Waals surface area contributed by atoms with Crippen molar-refractivity contribution in [2.24, 2.45) is 5.92 Å². The van der Waals surface area contributed by atoms with Crippen molar-refractivity contribution in [3.63, 3.8) is 0 Å². The molecule has 0 radical (unpaired) electrons. The van der Waals surface area contributed by atoms with Gasteiger partial charge in [-0.25, -0.2) is 0 Å². The van der Waals surface area contributed by atoms with Crippen LogP contribution in [0.15, 0.2) is 0 Å². The smallest absolute Gasteiger partial charge is 0.308 e. The van der Waals surface area contributed by atoms with Gasteiger partial charge in [-0.3, -0.25) is 4.79 Å². The molecular weight excluding hydrogens is 412 g/mol. The van der Waals surface area contributed by atoms with Gasteiger partial charge < -0.3 is 20.5 Å². The van der Waals surface area contributed by atoms with E-state index in [2.05, 4.69) is 31.4 Å². The Labute approximate surface area is 206 Å². The predicted octanol–water partition coefficient (Wildman–Crippen LogP) is 6.38. The maximum atomic E-state index is 12.7. The number of unbranched alkanes of at least 4 members (excludes halogenated alkanes) is 11. The Morgan fingerprint density at radius 2 is 1.33 bits per heavy atom. The lowest BCUT2D eigenvalue weighted by atomic mass is 9.94. The number of rotatable bonds is 26. The molecule has 33 heavy (non-hydrogen) atoms.